The van der Waals surface area contributed by atoms with Crippen molar-refractivity contribution in [3.05, 3.63) is 46.7 Å². The molecule has 1 aromatic carbocycles. The molecule has 118 valence electrons. The van der Waals surface area contributed by atoms with Gasteiger partial charge < -0.3 is 5.73 Å². The highest BCUT2D eigenvalue weighted by Gasteiger charge is 2.18. The van der Waals surface area contributed by atoms with Crippen LogP contribution in [0.4, 0.5) is 0 Å². The molecule has 3 aromatic rings. The molecule has 0 atom stereocenters. The van der Waals surface area contributed by atoms with Crippen LogP contribution in [-0.4, -0.2) is 35.3 Å². The summed E-state index contributed by atoms with van der Waals surface area (Å²) in [5.41, 5.74) is 6.30. The number of pyridine rings is 1. The molecule has 0 aliphatic heterocycles. The summed E-state index contributed by atoms with van der Waals surface area (Å²) in [4.78, 5) is 15.9. The lowest BCUT2D eigenvalue weighted by atomic mass is 10.2. The van der Waals surface area contributed by atoms with Gasteiger partial charge in [-0.05, 0) is 30.3 Å². The van der Waals surface area contributed by atoms with Crippen molar-refractivity contribution in [3.8, 4) is 5.69 Å². The fourth-order valence-electron chi connectivity index (χ4n) is 2.20. The lowest BCUT2D eigenvalue weighted by Gasteiger charge is -2.06. The van der Waals surface area contributed by atoms with Crippen molar-refractivity contribution in [1.82, 2.24) is 14.8 Å². The number of nitrogens with zero attached hydrogens (tertiary/aromatic N) is 3. The SMILES string of the molecule is CS(=O)(=O)c1cc(Br)cc(-n2nc(C(N)=O)c3cccnc32)c1. The van der Waals surface area contributed by atoms with Gasteiger partial charge in [0.05, 0.1) is 16.0 Å². The Bertz CT molecular complexity index is 1040. The van der Waals surface area contributed by atoms with E-state index in [1.165, 1.54) is 16.8 Å². The summed E-state index contributed by atoms with van der Waals surface area (Å²) >= 11 is 3.28. The Balaban J connectivity index is 2.34. The number of sulfone groups is 1. The van der Waals surface area contributed by atoms with Gasteiger partial charge in [-0.15, -0.1) is 0 Å². The molecule has 2 aromatic heterocycles. The molecule has 0 spiro atoms. The largest absolute Gasteiger partial charge is 0.364 e. The summed E-state index contributed by atoms with van der Waals surface area (Å²) in [5, 5.41) is 4.69. The van der Waals surface area contributed by atoms with E-state index < -0.39 is 15.7 Å². The number of benzene rings is 1. The highest BCUT2D eigenvalue weighted by Crippen LogP contribution is 2.25. The minimum atomic E-state index is -3.40. The number of rotatable bonds is 3. The molecule has 0 radical (unpaired) electrons. The van der Waals surface area contributed by atoms with Crippen molar-refractivity contribution in [1.29, 1.82) is 0 Å². The maximum Gasteiger partial charge on any atom is 0.269 e. The predicted octanol–water partition coefficient (Wildman–Crippen LogP) is 1.69. The van der Waals surface area contributed by atoms with E-state index in [4.69, 9.17) is 5.73 Å². The number of fused-ring (bicyclic) bond motifs is 1. The zero-order valence-corrected chi connectivity index (χ0v) is 14.3. The topological polar surface area (TPSA) is 108 Å². The first-order valence-corrected chi connectivity index (χ1v) is 9.10. The number of nitrogens with two attached hydrogens (primary N) is 1. The van der Waals surface area contributed by atoms with Gasteiger partial charge in [-0.2, -0.15) is 5.10 Å². The van der Waals surface area contributed by atoms with E-state index in [1.54, 1.807) is 24.4 Å². The normalized spacial score (nSPS) is 11.7. The fourth-order valence-corrected chi connectivity index (χ4v) is 3.51. The first-order valence-electron chi connectivity index (χ1n) is 6.42. The lowest BCUT2D eigenvalue weighted by molar-refractivity contribution is 0.0996. The molecule has 0 aliphatic rings. The second-order valence-corrected chi connectivity index (χ2v) is 7.85. The third kappa shape index (κ3) is 2.84. The van der Waals surface area contributed by atoms with Crippen molar-refractivity contribution >= 4 is 42.7 Å². The molecule has 0 bridgehead atoms. The molecule has 0 fully saturated rings. The summed E-state index contributed by atoms with van der Waals surface area (Å²) in [6.07, 6.45) is 2.67. The Hall–Kier alpha value is -2.26. The number of primary amides is 1. The van der Waals surface area contributed by atoms with Crippen molar-refractivity contribution in [2.75, 3.05) is 6.26 Å². The lowest BCUT2D eigenvalue weighted by Crippen LogP contribution is -2.12. The Labute approximate surface area is 140 Å². The second kappa shape index (κ2) is 5.43. The van der Waals surface area contributed by atoms with E-state index in [1.807, 2.05) is 0 Å². The summed E-state index contributed by atoms with van der Waals surface area (Å²) in [6, 6.07) is 7.99. The van der Waals surface area contributed by atoms with E-state index >= 15 is 0 Å². The number of carbonyl (C=O) groups is 1. The quantitative estimate of drug-likeness (QED) is 0.726. The fraction of sp³-hybridized carbons (Fsp3) is 0.0714. The van der Waals surface area contributed by atoms with Crippen LogP contribution in [0.3, 0.4) is 0 Å². The molecular weight excluding hydrogens is 384 g/mol. The molecule has 0 aliphatic carbocycles. The van der Waals surface area contributed by atoms with Gasteiger partial charge >= 0.3 is 0 Å². The number of carbonyl (C=O) groups excluding carboxylic acids is 1. The maximum atomic E-state index is 11.8. The first kappa shape index (κ1) is 15.6. The zero-order chi connectivity index (χ0) is 16.8. The summed E-state index contributed by atoms with van der Waals surface area (Å²) in [7, 11) is -3.40. The van der Waals surface area contributed by atoms with E-state index in [0.29, 0.717) is 21.2 Å². The van der Waals surface area contributed by atoms with Crippen LogP contribution in [0.25, 0.3) is 16.7 Å². The molecule has 2 heterocycles. The molecule has 0 unspecified atom stereocenters. The Morgan fingerprint density at radius 1 is 1.30 bits per heavy atom. The molecule has 23 heavy (non-hydrogen) atoms. The van der Waals surface area contributed by atoms with E-state index in [2.05, 4.69) is 26.0 Å². The van der Waals surface area contributed by atoms with Gasteiger partial charge in [-0.3, -0.25) is 4.79 Å². The van der Waals surface area contributed by atoms with Crippen molar-refractivity contribution < 1.29 is 13.2 Å². The zero-order valence-electron chi connectivity index (χ0n) is 11.9. The van der Waals surface area contributed by atoms with Gasteiger partial charge in [0.15, 0.2) is 21.2 Å². The van der Waals surface area contributed by atoms with Crippen LogP contribution in [0.2, 0.25) is 0 Å². The van der Waals surface area contributed by atoms with E-state index in [-0.39, 0.29) is 10.6 Å². The first-order chi connectivity index (χ1) is 10.8. The van der Waals surface area contributed by atoms with Crippen LogP contribution < -0.4 is 5.73 Å². The Morgan fingerprint density at radius 2 is 2.04 bits per heavy atom. The van der Waals surface area contributed by atoms with Crippen molar-refractivity contribution in [3.63, 3.8) is 0 Å². The van der Waals surface area contributed by atoms with Gasteiger partial charge in [-0.1, -0.05) is 15.9 Å². The standard InChI is InChI=1S/C14H11BrN4O3S/c1-23(21,22)10-6-8(15)5-9(7-10)19-14-11(3-2-4-17-14)12(18-19)13(16)20/h2-7H,1H3,(H2,16,20). The van der Waals surface area contributed by atoms with Crippen molar-refractivity contribution in [2.45, 2.75) is 4.90 Å². The van der Waals surface area contributed by atoms with Crippen LogP contribution in [0.1, 0.15) is 10.5 Å². The summed E-state index contributed by atoms with van der Waals surface area (Å²) < 4.78 is 25.6. The second-order valence-electron chi connectivity index (χ2n) is 4.92. The Kier molecular flexibility index (Phi) is 3.69. The van der Waals surface area contributed by atoms with Gasteiger partial charge in [0.25, 0.3) is 5.91 Å². The van der Waals surface area contributed by atoms with Gasteiger partial charge in [0.1, 0.15) is 0 Å². The number of hydrogen-bond acceptors (Lipinski definition) is 5. The van der Waals surface area contributed by atoms with Crippen LogP contribution in [0.15, 0.2) is 45.9 Å². The number of halogens is 1. The predicted molar refractivity (Wildman–Crippen MR) is 88.2 cm³/mol. The van der Waals surface area contributed by atoms with Crippen LogP contribution in [0.5, 0.6) is 0 Å². The average Bonchev–Trinajstić information content (AvgIpc) is 2.85. The van der Waals surface area contributed by atoms with Gasteiger partial charge in [-0.25, -0.2) is 18.1 Å². The van der Waals surface area contributed by atoms with Crippen LogP contribution >= 0.6 is 15.9 Å². The molecule has 2 N–H and O–H groups in total. The average molecular weight is 395 g/mol. The monoisotopic (exact) mass is 394 g/mol. The molecular formula is C14H11BrN4O3S. The molecule has 3 rings (SSSR count). The number of hydrogen-bond donors (Lipinski definition) is 1. The van der Waals surface area contributed by atoms with E-state index in [0.717, 1.165) is 6.26 Å². The molecule has 0 saturated carbocycles. The minimum Gasteiger partial charge on any atom is -0.364 e. The maximum absolute atomic E-state index is 11.8. The molecule has 7 nitrogen and oxygen atoms in total. The highest BCUT2D eigenvalue weighted by molar-refractivity contribution is 9.10. The van der Waals surface area contributed by atoms with Gasteiger partial charge in [0.2, 0.25) is 0 Å². The number of aromatic nitrogens is 3. The highest BCUT2D eigenvalue weighted by atomic mass is 79.9. The van der Waals surface area contributed by atoms with Crippen molar-refractivity contribution in [2.24, 2.45) is 5.73 Å². The molecule has 0 saturated heterocycles. The summed E-state index contributed by atoms with van der Waals surface area (Å²) in [5.74, 6) is -0.680. The van der Waals surface area contributed by atoms with Crippen LogP contribution in [0, 0.1) is 0 Å². The number of amides is 1. The Morgan fingerprint density at radius 3 is 2.70 bits per heavy atom. The third-order valence-electron chi connectivity index (χ3n) is 3.20. The third-order valence-corrected chi connectivity index (χ3v) is 4.75. The van der Waals surface area contributed by atoms with E-state index in [9.17, 15) is 13.2 Å². The molecule has 9 heteroatoms. The summed E-state index contributed by atoms with van der Waals surface area (Å²) in [6.45, 7) is 0. The van der Waals surface area contributed by atoms with Crippen LogP contribution in [-0.2, 0) is 9.84 Å². The smallest absolute Gasteiger partial charge is 0.269 e. The minimum absolute atomic E-state index is 0.0778. The van der Waals surface area contributed by atoms with Gasteiger partial charge in [0, 0.05) is 16.9 Å². The molecule has 1 amide bonds.